The van der Waals surface area contributed by atoms with Gasteiger partial charge in [0.15, 0.2) is 0 Å². The Morgan fingerprint density at radius 3 is 3.00 bits per heavy atom. The van der Waals surface area contributed by atoms with Gasteiger partial charge in [-0.1, -0.05) is 18.2 Å². The lowest BCUT2D eigenvalue weighted by Crippen LogP contribution is -2.32. The third-order valence-corrected chi connectivity index (χ3v) is 2.66. The van der Waals surface area contributed by atoms with Crippen molar-refractivity contribution in [1.29, 1.82) is 0 Å². The van der Waals surface area contributed by atoms with Crippen LogP contribution in [0.3, 0.4) is 0 Å². The minimum Gasteiger partial charge on any atom is -0.488 e. The molecule has 0 saturated heterocycles. The van der Waals surface area contributed by atoms with E-state index in [-0.39, 0.29) is 6.04 Å². The number of allylic oxidation sites excluding steroid dienone is 1. The Labute approximate surface area is 95.1 Å². The van der Waals surface area contributed by atoms with Gasteiger partial charge in [0.05, 0.1) is 5.69 Å². The summed E-state index contributed by atoms with van der Waals surface area (Å²) >= 11 is 0. The monoisotopic (exact) mass is 217 g/mol. The number of hydrogen-bond acceptors (Lipinski definition) is 3. The highest BCUT2D eigenvalue weighted by atomic mass is 16.5. The number of carbonyl (C=O) groups excluding carboxylic acids is 1. The van der Waals surface area contributed by atoms with Gasteiger partial charge in [0.25, 0.3) is 0 Å². The predicted molar refractivity (Wildman–Crippen MR) is 64.9 cm³/mol. The van der Waals surface area contributed by atoms with Crippen LogP contribution in [0.25, 0.3) is 6.08 Å². The molecule has 0 spiro atoms. The second kappa shape index (κ2) is 4.39. The summed E-state index contributed by atoms with van der Waals surface area (Å²) in [4.78, 5) is 10.7. The van der Waals surface area contributed by atoms with Crippen LogP contribution in [0.2, 0.25) is 0 Å². The number of aryl methyl sites for hydroxylation is 1. The van der Waals surface area contributed by atoms with Crippen LogP contribution in [0.4, 0.5) is 5.69 Å². The van der Waals surface area contributed by atoms with Gasteiger partial charge in [0, 0.05) is 5.56 Å². The molecule has 16 heavy (non-hydrogen) atoms. The summed E-state index contributed by atoms with van der Waals surface area (Å²) in [6.45, 7) is 4.42. The lowest BCUT2D eigenvalue weighted by atomic mass is 10.0. The average Bonchev–Trinajstić information content (AvgIpc) is 2.32. The predicted octanol–water partition coefficient (Wildman–Crippen LogP) is 2.40. The van der Waals surface area contributed by atoms with Gasteiger partial charge in [-0.3, -0.25) is 0 Å². The fourth-order valence-electron chi connectivity index (χ4n) is 1.83. The average molecular weight is 217 g/mol. The molecule has 0 bridgehead atoms. The topological polar surface area (TPSA) is 38.3 Å². The van der Waals surface area contributed by atoms with E-state index >= 15 is 0 Å². The van der Waals surface area contributed by atoms with E-state index < -0.39 is 0 Å². The third-order valence-electron chi connectivity index (χ3n) is 2.66. The number of hydrogen-bond donors (Lipinski definition) is 1. The number of benzene rings is 1. The highest BCUT2D eigenvalue weighted by molar-refractivity contribution is 5.76. The Morgan fingerprint density at radius 1 is 1.50 bits per heavy atom. The number of ether oxygens (including phenoxy) is 1. The molecule has 1 aromatic rings. The molecule has 1 aliphatic heterocycles. The lowest BCUT2D eigenvalue weighted by Gasteiger charge is -2.26. The van der Waals surface area contributed by atoms with Crippen LogP contribution in [0.1, 0.15) is 18.1 Å². The summed E-state index contributed by atoms with van der Waals surface area (Å²) in [5.74, 6) is 0.844. The molecule has 1 atom stereocenters. The zero-order chi connectivity index (χ0) is 11.5. The van der Waals surface area contributed by atoms with Crippen LogP contribution in [0, 0.1) is 6.92 Å². The summed E-state index contributed by atoms with van der Waals surface area (Å²) in [6, 6.07) is 3.74. The molecule has 0 radical (unpaired) electrons. The maximum atomic E-state index is 10.7. The number of nitrogens with one attached hydrogen (secondary N) is 1. The van der Waals surface area contributed by atoms with E-state index in [2.05, 4.69) is 5.32 Å². The van der Waals surface area contributed by atoms with Crippen molar-refractivity contribution in [2.75, 3.05) is 11.9 Å². The molecule has 0 amide bonds. The lowest BCUT2D eigenvalue weighted by molar-refractivity contribution is -0.109. The van der Waals surface area contributed by atoms with Crippen LogP contribution in [0.5, 0.6) is 5.75 Å². The second-order valence-electron chi connectivity index (χ2n) is 3.87. The minimum absolute atomic E-state index is 0.242. The van der Waals surface area contributed by atoms with E-state index in [0.717, 1.165) is 23.3 Å². The first-order valence-electron chi connectivity index (χ1n) is 5.37. The van der Waals surface area contributed by atoms with E-state index in [4.69, 9.17) is 4.74 Å². The highest BCUT2D eigenvalue weighted by Crippen LogP contribution is 2.35. The van der Waals surface area contributed by atoms with Gasteiger partial charge in [0.1, 0.15) is 24.7 Å². The van der Waals surface area contributed by atoms with Gasteiger partial charge in [-0.15, -0.1) is 0 Å². The van der Waals surface area contributed by atoms with Gasteiger partial charge in [-0.25, -0.2) is 0 Å². The molecular formula is C13H15NO2. The summed E-state index contributed by atoms with van der Waals surface area (Å²) in [7, 11) is 0. The van der Waals surface area contributed by atoms with Crippen LogP contribution >= 0.6 is 0 Å². The van der Waals surface area contributed by atoms with E-state index in [1.807, 2.05) is 38.1 Å². The van der Waals surface area contributed by atoms with Gasteiger partial charge in [-0.2, -0.15) is 0 Å². The summed E-state index contributed by atoms with van der Waals surface area (Å²) in [6.07, 6.45) is 4.88. The van der Waals surface area contributed by atoms with Gasteiger partial charge >= 0.3 is 0 Å². The smallest absolute Gasteiger partial charge is 0.149 e. The third kappa shape index (κ3) is 1.81. The van der Waals surface area contributed by atoms with Crippen molar-refractivity contribution in [3.05, 3.63) is 29.3 Å². The zero-order valence-corrected chi connectivity index (χ0v) is 9.49. The molecule has 1 aromatic carbocycles. The first kappa shape index (κ1) is 10.7. The molecule has 1 N–H and O–H groups in total. The summed E-state index contributed by atoms with van der Waals surface area (Å²) in [5, 5.41) is 3.15. The van der Waals surface area contributed by atoms with E-state index in [1.165, 1.54) is 5.56 Å². The Kier molecular flexibility index (Phi) is 2.95. The van der Waals surface area contributed by atoms with E-state index in [1.54, 1.807) is 0 Å². The van der Waals surface area contributed by atoms with Crippen LogP contribution in [-0.2, 0) is 4.79 Å². The number of anilines is 1. The summed E-state index contributed by atoms with van der Waals surface area (Å²) in [5.41, 5.74) is 3.14. The Balaban J connectivity index is 2.45. The quantitative estimate of drug-likeness (QED) is 0.773. The van der Waals surface area contributed by atoms with Crippen LogP contribution in [-0.4, -0.2) is 18.9 Å². The molecule has 3 nitrogen and oxygen atoms in total. The zero-order valence-electron chi connectivity index (χ0n) is 9.49. The fraction of sp³-hybridized carbons (Fsp3) is 0.308. The second-order valence-corrected chi connectivity index (χ2v) is 3.87. The molecule has 0 aromatic heterocycles. The first-order valence-corrected chi connectivity index (χ1v) is 5.37. The first-order chi connectivity index (χ1) is 7.76. The summed E-state index contributed by atoms with van der Waals surface area (Å²) < 4.78 is 5.65. The molecule has 2 rings (SSSR count). The molecule has 0 fully saturated rings. The van der Waals surface area contributed by atoms with Gasteiger partial charge < -0.3 is 14.8 Å². The molecule has 0 saturated carbocycles. The molecule has 84 valence electrons. The van der Waals surface area contributed by atoms with Crippen molar-refractivity contribution in [1.82, 2.24) is 0 Å². The van der Waals surface area contributed by atoms with Crippen molar-refractivity contribution >= 4 is 18.0 Å². The Morgan fingerprint density at radius 2 is 2.31 bits per heavy atom. The molecule has 3 heteroatoms. The molecule has 1 aliphatic rings. The minimum atomic E-state index is -0.242. The van der Waals surface area contributed by atoms with E-state index in [9.17, 15) is 4.79 Å². The fourth-order valence-corrected chi connectivity index (χ4v) is 1.83. The normalized spacial score (nSPS) is 18.8. The Hall–Kier alpha value is -1.77. The standard InChI is InChI=1S/C13H15NO2/c1-3-4-11-9(2)5-6-12-13(11)16-8-10(7-15)14-12/h3-7,10,14H,8H2,1-2H3. The van der Waals surface area contributed by atoms with Crippen molar-refractivity contribution in [2.45, 2.75) is 19.9 Å². The number of fused-ring (bicyclic) bond motifs is 1. The van der Waals surface area contributed by atoms with Crippen molar-refractivity contribution in [3.8, 4) is 5.75 Å². The van der Waals surface area contributed by atoms with Crippen molar-refractivity contribution in [2.24, 2.45) is 0 Å². The maximum Gasteiger partial charge on any atom is 0.149 e. The molecular weight excluding hydrogens is 202 g/mol. The van der Waals surface area contributed by atoms with E-state index in [0.29, 0.717) is 6.61 Å². The maximum absolute atomic E-state index is 10.7. The van der Waals surface area contributed by atoms with Crippen LogP contribution < -0.4 is 10.1 Å². The van der Waals surface area contributed by atoms with Gasteiger partial charge in [0.2, 0.25) is 0 Å². The molecule has 1 unspecified atom stereocenters. The van der Waals surface area contributed by atoms with Crippen molar-refractivity contribution < 1.29 is 9.53 Å². The molecule has 1 heterocycles. The number of rotatable bonds is 2. The molecule has 0 aliphatic carbocycles. The number of aldehydes is 1. The van der Waals surface area contributed by atoms with Crippen molar-refractivity contribution in [3.63, 3.8) is 0 Å². The highest BCUT2D eigenvalue weighted by Gasteiger charge is 2.20. The Bertz CT molecular complexity index is 438. The number of carbonyl (C=O) groups is 1. The van der Waals surface area contributed by atoms with Gasteiger partial charge in [-0.05, 0) is 25.5 Å². The van der Waals surface area contributed by atoms with Crippen LogP contribution in [0.15, 0.2) is 18.2 Å². The SMILES string of the molecule is CC=Cc1c(C)ccc2c1OCC(C=O)N2. The largest absolute Gasteiger partial charge is 0.488 e.